The second kappa shape index (κ2) is 6.44. The van der Waals surface area contributed by atoms with Crippen LogP contribution in [0.15, 0.2) is 48.8 Å². The van der Waals surface area contributed by atoms with Crippen molar-refractivity contribution in [2.75, 3.05) is 6.61 Å². The molecule has 0 unspecified atom stereocenters. The molecule has 0 bridgehead atoms. The average molecular weight is 254 g/mol. The molecule has 0 aliphatic carbocycles. The van der Waals surface area contributed by atoms with E-state index in [1.54, 1.807) is 25.4 Å². The highest BCUT2D eigenvalue weighted by Gasteiger charge is 2.00. The lowest BCUT2D eigenvalue weighted by molar-refractivity contribution is -0.137. The maximum Gasteiger partial charge on any atom is 0.330 e. The largest absolute Gasteiger partial charge is 0.463 e. The molecule has 2 heterocycles. The van der Waals surface area contributed by atoms with Crippen LogP contribution in [0.3, 0.4) is 0 Å². The van der Waals surface area contributed by atoms with Gasteiger partial charge in [0.05, 0.1) is 18.0 Å². The summed E-state index contributed by atoms with van der Waals surface area (Å²) in [5.74, 6) is -0.348. The van der Waals surface area contributed by atoms with Crippen LogP contribution in [-0.2, 0) is 9.53 Å². The van der Waals surface area contributed by atoms with Crippen molar-refractivity contribution < 1.29 is 9.53 Å². The molecule has 0 aliphatic heterocycles. The molecule has 0 fully saturated rings. The van der Waals surface area contributed by atoms with E-state index in [-0.39, 0.29) is 5.97 Å². The second-order valence-corrected chi connectivity index (χ2v) is 3.77. The van der Waals surface area contributed by atoms with Crippen molar-refractivity contribution >= 4 is 12.0 Å². The molecule has 0 saturated heterocycles. The highest BCUT2D eigenvalue weighted by molar-refractivity contribution is 5.87. The zero-order chi connectivity index (χ0) is 13.5. The monoisotopic (exact) mass is 254 g/mol. The van der Waals surface area contributed by atoms with Gasteiger partial charge < -0.3 is 4.74 Å². The van der Waals surface area contributed by atoms with Crippen LogP contribution in [-0.4, -0.2) is 22.5 Å². The lowest BCUT2D eigenvalue weighted by Crippen LogP contribution is -1.98. The number of nitrogens with zero attached hydrogens (tertiary/aromatic N) is 2. The number of hydrogen-bond donors (Lipinski definition) is 0. The molecule has 0 spiro atoms. The minimum absolute atomic E-state index is 0.348. The van der Waals surface area contributed by atoms with Crippen LogP contribution < -0.4 is 0 Å². The van der Waals surface area contributed by atoms with Gasteiger partial charge in [-0.25, -0.2) is 4.79 Å². The van der Waals surface area contributed by atoms with E-state index >= 15 is 0 Å². The Morgan fingerprint density at radius 1 is 1.21 bits per heavy atom. The first-order valence-corrected chi connectivity index (χ1v) is 6.02. The van der Waals surface area contributed by atoms with Gasteiger partial charge in [-0.2, -0.15) is 0 Å². The van der Waals surface area contributed by atoms with Gasteiger partial charge in [-0.15, -0.1) is 0 Å². The summed E-state index contributed by atoms with van der Waals surface area (Å²) in [5.41, 5.74) is 2.45. The molecule has 0 aliphatic rings. The second-order valence-electron chi connectivity index (χ2n) is 3.77. The molecule has 2 aromatic heterocycles. The number of hydrogen-bond acceptors (Lipinski definition) is 4. The quantitative estimate of drug-likeness (QED) is 0.622. The first kappa shape index (κ1) is 13.0. The molecular formula is C15H14N2O2. The van der Waals surface area contributed by atoms with Gasteiger partial charge in [-0.3, -0.25) is 9.97 Å². The molecule has 0 radical (unpaired) electrons. The van der Waals surface area contributed by atoms with E-state index in [1.165, 1.54) is 6.08 Å². The lowest BCUT2D eigenvalue weighted by Gasteiger charge is -2.00. The van der Waals surface area contributed by atoms with Crippen molar-refractivity contribution in [1.82, 2.24) is 9.97 Å². The Labute approximate surface area is 111 Å². The van der Waals surface area contributed by atoms with Gasteiger partial charge in [0.1, 0.15) is 0 Å². The van der Waals surface area contributed by atoms with Crippen molar-refractivity contribution in [2.24, 2.45) is 0 Å². The lowest BCUT2D eigenvalue weighted by atomic mass is 10.1. The Morgan fingerprint density at radius 3 is 2.79 bits per heavy atom. The maximum absolute atomic E-state index is 11.2. The molecule has 0 N–H and O–H groups in total. The van der Waals surface area contributed by atoms with Crippen LogP contribution in [0.5, 0.6) is 0 Å². The summed E-state index contributed by atoms with van der Waals surface area (Å²) in [6.07, 6.45) is 6.51. The molecular weight excluding hydrogens is 240 g/mol. The minimum atomic E-state index is -0.348. The van der Waals surface area contributed by atoms with Gasteiger partial charge in [0, 0.05) is 18.5 Å². The molecule has 0 aromatic carbocycles. The zero-order valence-corrected chi connectivity index (χ0v) is 10.6. The van der Waals surface area contributed by atoms with Gasteiger partial charge in [0.25, 0.3) is 0 Å². The number of pyridine rings is 2. The predicted octanol–water partition coefficient (Wildman–Crippen LogP) is 2.72. The van der Waals surface area contributed by atoms with Crippen LogP contribution in [0.4, 0.5) is 0 Å². The normalized spacial score (nSPS) is 10.6. The van der Waals surface area contributed by atoms with Gasteiger partial charge >= 0.3 is 5.97 Å². The van der Waals surface area contributed by atoms with Crippen LogP contribution in [0, 0.1) is 0 Å². The van der Waals surface area contributed by atoms with E-state index in [2.05, 4.69) is 9.97 Å². The molecule has 96 valence electrons. The Balaban J connectivity index is 2.18. The number of rotatable bonds is 4. The van der Waals surface area contributed by atoms with E-state index in [9.17, 15) is 4.79 Å². The third-order valence-electron chi connectivity index (χ3n) is 2.41. The summed E-state index contributed by atoms with van der Waals surface area (Å²) >= 11 is 0. The van der Waals surface area contributed by atoms with Crippen LogP contribution in [0.1, 0.15) is 12.5 Å². The summed E-state index contributed by atoms with van der Waals surface area (Å²) in [5, 5.41) is 0. The number of carbonyl (C=O) groups is 1. The third-order valence-corrected chi connectivity index (χ3v) is 2.41. The fraction of sp³-hybridized carbons (Fsp3) is 0.133. The fourth-order valence-electron chi connectivity index (χ4n) is 1.56. The molecule has 19 heavy (non-hydrogen) atoms. The van der Waals surface area contributed by atoms with Gasteiger partial charge in [-0.05, 0) is 42.8 Å². The minimum Gasteiger partial charge on any atom is -0.463 e. The highest BCUT2D eigenvalue weighted by Crippen LogP contribution is 2.15. The zero-order valence-electron chi connectivity index (χ0n) is 10.6. The summed E-state index contributed by atoms with van der Waals surface area (Å²) < 4.78 is 4.82. The summed E-state index contributed by atoms with van der Waals surface area (Å²) in [7, 11) is 0. The summed E-state index contributed by atoms with van der Waals surface area (Å²) in [6.45, 7) is 2.15. The highest BCUT2D eigenvalue weighted by atomic mass is 16.5. The van der Waals surface area contributed by atoms with Crippen molar-refractivity contribution in [3.63, 3.8) is 0 Å². The van der Waals surface area contributed by atoms with E-state index in [1.807, 2.05) is 30.3 Å². The molecule has 0 amide bonds. The fourth-order valence-corrected chi connectivity index (χ4v) is 1.56. The van der Waals surface area contributed by atoms with Crippen molar-refractivity contribution in [1.29, 1.82) is 0 Å². The molecule has 0 saturated carbocycles. The van der Waals surface area contributed by atoms with Crippen molar-refractivity contribution in [3.05, 3.63) is 54.4 Å². The van der Waals surface area contributed by atoms with Crippen LogP contribution >= 0.6 is 0 Å². The SMILES string of the molecule is CCOC(=O)C=Cc1ccnc(-c2ccccn2)c1. The third kappa shape index (κ3) is 3.74. The van der Waals surface area contributed by atoms with Gasteiger partial charge in [0.2, 0.25) is 0 Å². The van der Waals surface area contributed by atoms with E-state index in [0.717, 1.165) is 17.0 Å². The Hall–Kier alpha value is -2.49. The van der Waals surface area contributed by atoms with Crippen molar-refractivity contribution in [2.45, 2.75) is 6.92 Å². The molecule has 2 aromatic rings. The Kier molecular flexibility index (Phi) is 4.39. The summed E-state index contributed by atoms with van der Waals surface area (Å²) in [6, 6.07) is 9.35. The standard InChI is InChI=1S/C15H14N2O2/c1-2-19-15(18)7-6-12-8-10-17-14(11-12)13-5-3-4-9-16-13/h3-11H,2H2,1H3. The van der Waals surface area contributed by atoms with E-state index < -0.39 is 0 Å². The Bertz CT molecular complexity index is 580. The van der Waals surface area contributed by atoms with E-state index in [0.29, 0.717) is 6.61 Å². The van der Waals surface area contributed by atoms with Crippen LogP contribution in [0.2, 0.25) is 0 Å². The van der Waals surface area contributed by atoms with Gasteiger partial charge in [-0.1, -0.05) is 6.07 Å². The smallest absolute Gasteiger partial charge is 0.330 e. The predicted molar refractivity (Wildman–Crippen MR) is 73.1 cm³/mol. The summed E-state index contributed by atoms with van der Waals surface area (Å²) in [4.78, 5) is 19.7. The molecule has 4 nitrogen and oxygen atoms in total. The molecule has 2 rings (SSSR count). The number of aromatic nitrogens is 2. The van der Waals surface area contributed by atoms with Crippen molar-refractivity contribution in [3.8, 4) is 11.4 Å². The van der Waals surface area contributed by atoms with Gasteiger partial charge in [0.15, 0.2) is 0 Å². The number of esters is 1. The molecule has 4 heteroatoms. The topological polar surface area (TPSA) is 52.1 Å². The maximum atomic E-state index is 11.2. The average Bonchev–Trinajstić information content (AvgIpc) is 2.47. The van der Waals surface area contributed by atoms with Crippen LogP contribution in [0.25, 0.3) is 17.5 Å². The number of carbonyl (C=O) groups excluding carboxylic acids is 1. The first-order valence-electron chi connectivity index (χ1n) is 6.02. The molecule has 0 atom stereocenters. The van der Waals surface area contributed by atoms with E-state index in [4.69, 9.17) is 4.74 Å². The Morgan fingerprint density at radius 2 is 2.05 bits per heavy atom. The number of ether oxygens (including phenoxy) is 1. The first-order chi connectivity index (χ1) is 9.29.